The maximum Gasteiger partial charge on any atom is 0.0718 e. The summed E-state index contributed by atoms with van der Waals surface area (Å²) in [5.41, 5.74) is 5.24. The minimum Gasteiger partial charge on any atom is -0.301 e. The average Bonchev–Trinajstić information content (AvgIpc) is 2.61. The molecular formula is C22H30N4. The van der Waals surface area contributed by atoms with E-state index in [1.165, 1.54) is 5.56 Å². The first kappa shape index (κ1) is 21.3. The molecular weight excluding hydrogens is 320 g/mol. The summed E-state index contributed by atoms with van der Waals surface area (Å²) in [7, 11) is 1.82. The third kappa shape index (κ3) is 7.43. The van der Waals surface area contributed by atoms with E-state index in [0.29, 0.717) is 5.71 Å². The summed E-state index contributed by atoms with van der Waals surface area (Å²) in [4.78, 5) is 4.54. The number of nitrogens with zero attached hydrogens (tertiary/aromatic N) is 3. The number of rotatable bonds is 9. The standard InChI is InChI=1S/C22H30N4/c1-7-9-11-17(3)21(23)12-13-26(6)24-16-18(4)22-15-20(10-8-2)14-19(5)25-22/h7,9,11-16,23H,4,8,10H2,1-3,5-6H3/b9-7-,13-12-,17-11+,23-21?,24-16-. The first-order valence-corrected chi connectivity index (χ1v) is 8.87. The van der Waals surface area contributed by atoms with Crippen LogP contribution in [-0.2, 0) is 6.42 Å². The van der Waals surface area contributed by atoms with Crippen molar-refractivity contribution in [3.05, 3.63) is 71.7 Å². The Bertz CT molecular complexity index is 751. The molecule has 0 aromatic carbocycles. The van der Waals surface area contributed by atoms with Crippen molar-refractivity contribution in [2.24, 2.45) is 5.10 Å². The Kier molecular flexibility index (Phi) is 8.99. The number of pyridine rings is 1. The SMILES string of the molecule is C=C(/C=N\N(C)/C=C\C(=N)/C(C)=C/C=C\C)c1cc(CCC)cc(C)n1. The van der Waals surface area contributed by atoms with Crippen LogP contribution >= 0.6 is 0 Å². The molecule has 26 heavy (non-hydrogen) atoms. The Morgan fingerprint density at radius 1 is 1.38 bits per heavy atom. The quantitative estimate of drug-likeness (QED) is 0.372. The molecule has 1 aromatic rings. The van der Waals surface area contributed by atoms with Crippen LogP contribution in [0.5, 0.6) is 0 Å². The number of allylic oxidation sites excluding steroid dienone is 6. The molecule has 1 heterocycles. The van der Waals surface area contributed by atoms with Gasteiger partial charge in [0.2, 0.25) is 0 Å². The van der Waals surface area contributed by atoms with E-state index in [4.69, 9.17) is 5.41 Å². The van der Waals surface area contributed by atoms with E-state index in [0.717, 1.165) is 35.4 Å². The van der Waals surface area contributed by atoms with E-state index in [-0.39, 0.29) is 0 Å². The van der Waals surface area contributed by atoms with Crippen LogP contribution in [0.25, 0.3) is 5.57 Å². The van der Waals surface area contributed by atoms with Crippen LogP contribution in [0.3, 0.4) is 0 Å². The first-order chi connectivity index (χ1) is 12.4. The van der Waals surface area contributed by atoms with Gasteiger partial charge in [-0.25, -0.2) is 0 Å². The zero-order valence-corrected chi connectivity index (χ0v) is 16.6. The molecule has 0 aliphatic heterocycles. The molecule has 0 aliphatic carbocycles. The highest BCUT2D eigenvalue weighted by Gasteiger charge is 2.03. The lowest BCUT2D eigenvalue weighted by Gasteiger charge is -2.08. The van der Waals surface area contributed by atoms with Crippen LogP contribution < -0.4 is 0 Å². The Hall–Kier alpha value is -2.75. The number of hydrogen-bond donors (Lipinski definition) is 1. The summed E-state index contributed by atoms with van der Waals surface area (Å²) in [6.45, 7) is 12.1. The minimum atomic E-state index is 0.452. The lowest BCUT2D eigenvalue weighted by molar-refractivity contribution is 0.494. The third-order valence-electron chi connectivity index (χ3n) is 3.70. The monoisotopic (exact) mass is 350 g/mol. The summed E-state index contributed by atoms with van der Waals surface area (Å²) in [6.07, 6.45) is 13.1. The minimum absolute atomic E-state index is 0.452. The van der Waals surface area contributed by atoms with Gasteiger partial charge in [-0.15, -0.1) is 0 Å². The van der Waals surface area contributed by atoms with Gasteiger partial charge in [-0.3, -0.25) is 9.99 Å². The number of aryl methyl sites for hydroxylation is 2. The van der Waals surface area contributed by atoms with Crippen LogP contribution in [-0.4, -0.2) is 29.0 Å². The Morgan fingerprint density at radius 2 is 2.12 bits per heavy atom. The smallest absolute Gasteiger partial charge is 0.0718 e. The zero-order chi connectivity index (χ0) is 19.5. The van der Waals surface area contributed by atoms with Gasteiger partial charge in [0, 0.05) is 24.5 Å². The van der Waals surface area contributed by atoms with Crippen molar-refractivity contribution in [3.63, 3.8) is 0 Å². The molecule has 0 amide bonds. The lowest BCUT2D eigenvalue weighted by Crippen LogP contribution is -2.04. The van der Waals surface area contributed by atoms with Crippen LogP contribution in [0, 0.1) is 12.3 Å². The van der Waals surface area contributed by atoms with Gasteiger partial charge < -0.3 is 5.41 Å². The zero-order valence-electron chi connectivity index (χ0n) is 16.6. The van der Waals surface area contributed by atoms with E-state index in [1.54, 1.807) is 23.5 Å². The highest BCUT2D eigenvalue weighted by Crippen LogP contribution is 2.13. The molecule has 0 radical (unpaired) electrons. The van der Waals surface area contributed by atoms with E-state index in [9.17, 15) is 0 Å². The Morgan fingerprint density at radius 3 is 2.77 bits per heavy atom. The average molecular weight is 351 g/mol. The number of nitrogens with one attached hydrogen (secondary N) is 1. The molecule has 4 heteroatoms. The molecule has 0 atom stereocenters. The fourth-order valence-electron chi connectivity index (χ4n) is 2.25. The van der Waals surface area contributed by atoms with Crippen LogP contribution in [0.1, 0.15) is 44.1 Å². The van der Waals surface area contributed by atoms with Gasteiger partial charge in [0.25, 0.3) is 0 Å². The predicted molar refractivity (Wildman–Crippen MR) is 114 cm³/mol. The highest BCUT2D eigenvalue weighted by atomic mass is 15.4. The van der Waals surface area contributed by atoms with Gasteiger partial charge in [-0.1, -0.05) is 38.2 Å². The maximum absolute atomic E-state index is 8.01. The van der Waals surface area contributed by atoms with Crippen molar-refractivity contribution >= 4 is 17.5 Å². The summed E-state index contributed by atoms with van der Waals surface area (Å²) in [5.74, 6) is 0. The second-order valence-electron chi connectivity index (χ2n) is 6.20. The van der Waals surface area contributed by atoms with Gasteiger partial charge >= 0.3 is 0 Å². The van der Waals surface area contributed by atoms with Gasteiger partial charge in [0.05, 0.1) is 17.6 Å². The molecule has 1 aromatic heterocycles. The summed E-state index contributed by atoms with van der Waals surface area (Å²) in [6, 6.07) is 4.19. The molecule has 138 valence electrons. The number of hydrazone groups is 1. The Balaban J connectivity index is 2.76. The molecule has 0 saturated carbocycles. The van der Waals surface area contributed by atoms with Crippen molar-refractivity contribution < 1.29 is 0 Å². The van der Waals surface area contributed by atoms with Crippen molar-refractivity contribution in [2.75, 3.05) is 7.05 Å². The predicted octanol–water partition coefficient (Wildman–Crippen LogP) is 5.33. The summed E-state index contributed by atoms with van der Waals surface area (Å²) >= 11 is 0. The van der Waals surface area contributed by atoms with Crippen molar-refractivity contribution in [1.82, 2.24) is 9.99 Å². The third-order valence-corrected chi connectivity index (χ3v) is 3.70. The van der Waals surface area contributed by atoms with Crippen LogP contribution in [0.15, 0.2) is 59.9 Å². The summed E-state index contributed by atoms with van der Waals surface area (Å²) < 4.78 is 0. The van der Waals surface area contributed by atoms with Crippen molar-refractivity contribution in [2.45, 2.75) is 40.5 Å². The molecule has 1 N–H and O–H groups in total. The fraction of sp³-hybridized carbons (Fsp3) is 0.318. The largest absolute Gasteiger partial charge is 0.301 e. The normalized spacial score (nSPS) is 12.4. The number of hydrogen-bond acceptors (Lipinski definition) is 4. The summed E-state index contributed by atoms with van der Waals surface area (Å²) in [5, 5.41) is 14.0. The Labute approximate surface area is 157 Å². The van der Waals surface area contributed by atoms with Crippen LogP contribution in [0.2, 0.25) is 0 Å². The fourth-order valence-corrected chi connectivity index (χ4v) is 2.25. The topological polar surface area (TPSA) is 52.3 Å². The molecule has 0 saturated heterocycles. The van der Waals surface area contributed by atoms with E-state index < -0.39 is 0 Å². The molecule has 1 rings (SSSR count). The van der Waals surface area contributed by atoms with Gasteiger partial charge in [0.1, 0.15) is 0 Å². The van der Waals surface area contributed by atoms with Gasteiger partial charge in [-0.05, 0) is 56.5 Å². The van der Waals surface area contributed by atoms with E-state index in [2.05, 4.69) is 35.7 Å². The molecule has 0 spiro atoms. The first-order valence-electron chi connectivity index (χ1n) is 8.87. The molecule has 0 aliphatic rings. The molecule has 0 bridgehead atoms. The van der Waals surface area contributed by atoms with Crippen LogP contribution in [0.4, 0.5) is 0 Å². The highest BCUT2D eigenvalue weighted by molar-refractivity contribution is 6.08. The molecule has 4 nitrogen and oxygen atoms in total. The van der Waals surface area contributed by atoms with E-state index in [1.807, 2.05) is 46.0 Å². The lowest BCUT2D eigenvalue weighted by atomic mass is 10.1. The number of aromatic nitrogens is 1. The van der Waals surface area contributed by atoms with Crippen molar-refractivity contribution in [1.29, 1.82) is 5.41 Å². The molecule has 0 fully saturated rings. The molecule has 0 unspecified atom stereocenters. The van der Waals surface area contributed by atoms with Gasteiger partial charge in [-0.2, -0.15) is 5.10 Å². The van der Waals surface area contributed by atoms with E-state index >= 15 is 0 Å². The maximum atomic E-state index is 8.01. The van der Waals surface area contributed by atoms with Gasteiger partial charge in [0.15, 0.2) is 0 Å². The second kappa shape index (κ2) is 11.0. The van der Waals surface area contributed by atoms with Crippen molar-refractivity contribution in [3.8, 4) is 0 Å². The second-order valence-corrected chi connectivity index (χ2v) is 6.20.